The third-order valence-electron chi connectivity index (χ3n) is 2.22. The average molecular weight is 208 g/mol. The molecule has 3 nitrogen and oxygen atoms in total. The van der Waals surface area contributed by atoms with Gasteiger partial charge in [0.2, 0.25) is 0 Å². The molecule has 1 rings (SSSR count). The fraction of sp³-hybridized carbons (Fsp3) is 0.500. The second-order valence-corrected chi connectivity index (χ2v) is 3.91. The van der Waals surface area contributed by atoms with Gasteiger partial charge >= 0.3 is 0 Å². The number of hydrogen-bond acceptors (Lipinski definition) is 3. The van der Waals surface area contributed by atoms with Crippen molar-refractivity contribution in [2.45, 2.75) is 6.92 Å². The number of ether oxygens (including phenoxy) is 1. The van der Waals surface area contributed by atoms with Crippen molar-refractivity contribution in [3.63, 3.8) is 0 Å². The molecule has 0 saturated heterocycles. The predicted molar refractivity (Wildman–Crippen MR) is 66.3 cm³/mol. The van der Waals surface area contributed by atoms with Gasteiger partial charge in [0.1, 0.15) is 5.75 Å². The standard InChI is InChI=1S/C12H20N2O/c1-6-15-12-8-10(13(2)3)7-11(9-12)14(4)5/h7-9H,6H2,1-5H3. The second kappa shape index (κ2) is 4.91. The van der Waals surface area contributed by atoms with Gasteiger partial charge in [0.15, 0.2) is 0 Å². The molecular weight excluding hydrogens is 188 g/mol. The Morgan fingerprint density at radius 2 is 1.40 bits per heavy atom. The number of hydrogen-bond donors (Lipinski definition) is 0. The van der Waals surface area contributed by atoms with Crippen LogP contribution in [-0.2, 0) is 0 Å². The van der Waals surface area contributed by atoms with Crippen molar-refractivity contribution in [3.05, 3.63) is 18.2 Å². The minimum atomic E-state index is 0.698. The summed E-state index contributed by atoms with van der Waals surface area (Å²) in [6.45, 7) is 2.70. The van der Waals surface area contributed by atoms with Crippen LogP contribution in [0.3, 0.4) is 0 Å². The van der Waals surface area contributed by atoms with Crippen LogP contribution in [0.25, 0.3) is 0 Å². The number of anilines is 2. The molecule has 0 heterocycles. The summed E-state index contributed by atoms with van der Waals surface area (Å²) in [6.07, 6.45) is 0. The largest absolute Gasteiger partial charge is 0.494 e. The van der Waals surface area contributed by atoms with E-state index in [0.29, 0.717) is 6.61 Å². The zero-order chi connectivity index (χ0) is 11.4. The minimum Gasteiger partial charge on any atom is -0.494 e. The monoisotopic (exact) mass is 208 g/mol. The van der Waals surface area contributed by atoms with Crippen LogP contribution in [0.2, 0.25) is 0 Å². The Labute approximate surface area is 92.3 Å². The molecule has 1 aromatic carbocycles. The summed E-state index contributed by atoms with van der Waals surface area (Å²) in [5, 5.41) is 0. The quantitative estimate of drug-likeness (QED) is 0.754. The molecule has 0 bridgehead atoms. The number of benzene rings is 1. The maximum absolute atomic E-state index is 5.53. The van der Waals surface area contributed by atoms with Gasteiger partial charge in [-0.05, 0) is 13.0 Å². The van der Waals surface area contributed by atoms with Crippen molar-refractivity contribution in [2.24, 2.45) is 0 Å². The third kappa shape index (κ3) is 3.05. The SMILES string of the molecule is CCOc1cc(N(C)C)cc(N(C)C)c1. The predicted octanol–water partition coefficient (Wildman–Crippen LogP) is 2.22. The lowest BCUT2D eigenvalue weighted by molar-refractivity contribution is 0.340. The van der Waals surface area contributed by atoms with Crippen LogP contribution in [-0.4, -0.2) is 34.8 Å². The topological polar surface area (TPSA) is 15.7 Å². The molecule has 0 aromatic heterocycles. The van der Waals surface area contributed by atoms with Crippen molar-refractivity contribution in [1.29, 1.82) is 0 Å². The lowest BCUT2D eigenvalue weighted by Gasteiger charge is -2.19. The molecule has 84 valence electrons. The fourth-order valence-electron chi connectivity index (χ4n) is 1.33. The van der Waals surface area contributed by atoms with E-state index in [1.807, 2.05) is 35.1 Å². The Morgan fingerprint density at radius 1 is 0.933 bits per heavy atom. The zero-order valence-corrected chi connectivity index (χ0v) is 10.2. The highest BCUT2D eigenvalue weighted by molar-refractivity contribution is 5.62. The molecule has 0 aliphatic heterocycles. The van der Waals surface area contributed by atoms with E-state index < -0.39 is 0 Å². The van der Waals surface area contributed by atoms with E-state index in [9.17, 15) is 0 Å². The Bertz CT molecular complexity index is 295. The van der Waals surface area contributed by atoms with Crippen molar-refractivity contribution in [2.75, 3.05) is 44.6 Å². The normalized spacial score (nSPS) is 9.93. The summed E-state index contributed by atoms with van der Waals surface area (Å²) in [6, 6.07) is 6.25. The maximum atomic E-state index is 5.53. The summed E-state index contributed by atoms with van der Waals surface area (Å²) in [7, 11) is 8.13. The lowest BCUT2D eigenvalue weighted by Crippen LogP contribution is -2.13. The molecule has 3 heteroatoms. The molecule has 0 atom stereocenters. The number of rotatable bonds is 4. The summed E-state index contributed by atoms with van der Waals surface area (Å²) >= 11 is 0. The Hall–Kier alpha value is -1.38. The first-order valence-electron chi connectivity index (χ1n) is 5.17. The molecule has 0 spiro atoms. The average Bonchev–Trinajstić information content (AvgIpc) is 2.17. The van der Waals surface area contributed by atoms with Gasteiger partial charge in [-0.3, -0.25) is 0 Å². The van der Waals surface area contributed by atoms with Gasteiger partial charge in [0.05, 0.1) is 6.61 Å². The van der Waals surface area contributed by atoms with Crippen LogP contribution < -0.4 is 14.5 Å². The lowest BCUT2D eigenvalue weighted by atomic mass is 10.2. The molecule has 0 radical (unpaired) electrons. The Morgan fingerprint density at radius 3 is 1.73 bits per heavy atom. The first kappa shape index (κ1) is 11.7. The minimum absolute atomic E-state index is 0.698. The molecule has 1 aromatic rings. The summed E-state index contributed by atoms with van der Waals surface area (Å²) in [5.74, 6) is 0.924. The smallest absolute Gasteiger partial charge is 0.123 e. The van der Waals surface area contributed by atoms with E-state index >= 15 is 0 Å². The van der Waals surface area contributed by atoms with E-state index in [2.05, 4.69) is 28.0 Å². The van der Waals surface area contributed by atoms with Crippen LogP contribution in [0.1, 0.15) is 6.92 Å². The Kier molecular flexibility index (Phi) is 3.83. The van der Waals surface area contributed by atoms with Gasteiger partial charge in [0.25, 0.3) is 0 Å². The molecule has 0 fully saturated rings. The van der Waals surface area contributed by atoms with Crippen molar-refractivity contribution >= 4 is 11.4 Å². The van der Waals surface area contributed by atoms with Crippen LogP contribution in [0, 0.1) is 0 Å². The van der Waals surface area contributed by atoms with E-state index in [-0.39, 0.29) is 0 Å². The summed E-state index contributed by atoms with van der Waals surface area (Å²) < 4.78 is 5.53. The van der Waals surface area contributed by atoms with Crippen LogP contribution in [0.15, 0.2) is 18.2 Å². The van der Waals surface area contributed by atoms with Crippen molar-refractivity contribution in [3.8, 4) is 5.75 Å². The van der Waals surface area contributed by atoms with Gasteiger partial charge in [-0.2, -0.15) is 0 Å². The summed E-state index contributed by atoms with van der Waals surface area (Å²) in [5.41, 5.74) is 2.31. The highest BCUT2D eigenvalue weighted by Crippen LogP contribution is 2.27. The van der Waals surface area contributed by atoms with Crippen LogP contribution >= 0.6 is 0 Å². The van der Waals surface area contributed by atoms with E-state index in [1.165, 1.54) is 0 Å². The van der Waals surface area contributed by atoms with Gasteiger partial charge in [-0.15, -0.1) is 0 Å². The van der Waals surface area contributed by atoms with Gasteiger partial charge in [0, 0.05) is 51.7 Å². The van der Waals surface area contributed by atoms with Gasteiger partial charge in [-0.1, -0.05) is 0 Å². The maximum Gasteiger partial charge on any atom is 0.123 e. The molecule has 0 saturated carbocycles. The highest BCUT2D eigenvalue weighted by atomic mass is 16.5. The van der Waals surface area contributed by atoms with Crippen molar-refractivity contribution < 1.29 is 4.74 Å². The molecule has 0 unspecified atom stereocenters. The van der Waals surface area contributed by atoms with E-state index in [0.717, 1.165) is 17.1 Å². The second-order valence-electron chi connectivity index (χ2n) is 3.91. The first-order valence-corrected chi connectivity index (χ1v) is 5.17. The van der Waals surface area contributed by atoms with E-state index in [1.54, 1.807) is 0 Å². The van der Waals surface area contributed by atoms with Crippen LogP contribution in [0.5, 0.6) is 5.75 Å². The number of nitrogens with zero attached hydrogens (tertiary/aromatic N) is 2. The van der Waals surface area contributed by atoms with E-state index in [4.69, 9.17) is 4.74 Å². The molecule has 15 heavy (non-hydrogen) atoms. The highest BCUT2D eigenvalue weighted by Gasteiger charge is 2.04. The molecule has 0 amide bonds. The molecular formula is C12H20N2O. The first-order chi connectivity index (χ1) is 7.04. The van der Waals surface area contributed by atoms with Crippen molar-refractivity contribution in [1.82, 2.24) is 0 Å². The third-order valence-corrected chi connectivity index (χ3v) is 2.22. The zero-order valence-electron chi connectivity index (χ0n) is 10.2. The Balaban J connectivity index is 3.08. The molecule has 0 aliphatic rings. The molecule has 0 aliphatic carbocycles. The van der Waals surface area contributed by atoms with Crippen LogP contribution in [0.4, 0.5) is 11.4 Å². The fourth-order valence-corrected chi connectivity index (χ4v) is 1.33. The van der Waals surface area contributed by atoms with Gasteiger partial charge < -0.3 is 14.5 Å². The molecule has 0 N–H and O–H groups in total. The van der Waals surface area contributed by atoms with Gasteiger partial charge in [-0.25, -0.2) is 0 Å². The summed E-state index contributed by atoms with van der Waals surface area (Å²) in [4.78, 5) is 4.16.